The van der Waals surface area contributed by atoms with Crippen LogP contribution in [0.25, 0.3) is 6.08 Å². The van der Waals surface area contributed by atoms with Crippen LogP contribution in [0, 0.1) is 17.3 Å². The second-order valence-corrected chi connectivity index (χ2v) is 12.3. The molecule has 7 atom stereocenters. The van der Waals surface area contributed by atoms with Crippen molar-refractivity contribution in [1.29, 1.82) is 0 Å². The Hall–Kier alpha value is -2.67. The SMILES string of the molecule is CCCCCC(=O)OC1CC(C)C23CC(CC(OC(=O)C=Cc4ccccc4)C2(C)C1OC(C)=O)C(C)(C)O3. The van der Waals surface area contributed by atoms with Crippen LogP contribution < -0.4 is 0 Å². The first-order valence-corrected chi connectivity index (χ1v) is 14.4. The highest BCUT2D eigenvalue weighted by Crippen LogP contribution is 2.67. The summed E-state index contributed by atoms with van der Waals surface area (Å²) < 4.78 is 25.2. The van der Waals surface area contributed by atoms with Gasteiger partial charge >= 0.3 is 17.9 Å². The van der Waals surface area contributed by atoms with Gasteiger partial charge in [-0.05, 0) is 69.9 Å². The molecule has 7 heteroatoms. The molecule has 2 bridgehead atoms. The lowest BCUT2D eigenvalue weighted by Crippen LogP contribution is -2.71. The second-order valence-electron chi connectivity index (χ2n) is 12.3. The number of rotatable bonds is 9. The van der Waals surface area contributed by atoms with Gasteiger partial charge in [0.05, 0.1) is 16.6 Å². The maximum Gasteiger partial charge on any atom is 0.331 e. The summed E-state index contributed by atoms with van der Waals surface area (Å²) in [6.45, 7) is 11.7. The zero-order chi connectivity index (χ0) is 28.4. The molecule has 2 saturated carbocycles. The Labute approximate surface area is 232 Å². The van der Waals surface area contributed by atoms with E-state index in [2.05, 4.69) is 27.7 Å². The molecule has 0 amide bonds. The number of esters is 3. The number of unbranched alkanes of at least 4 members (excludes halogenated alkanes) is 2. The zero-order valence-electron chi connectivity index (χ0n) is 24.2. The highest BCUT2D eigenvalue weighted by atomic mass is 16.6. The molecule has 3 aliphatic rings. The van der Waals surface area contributed by atoms with E-state index in [9.17, 15) is 14.4 Å². The third kappa shape index (κ3) is 5.65. The predicted molar refractivity (Wildman–Crippen MR) is 147 cm³/mol. The molecule has 1 aromatic carbocycles. The summed E-state index contributed by atoms with van der Waals surface area (Å²) in [6.07, 6.45) is 5.96. The lowest BCUT2D eigenvalue weighted by Gasteiger charge is -2.61. The number of fused-ring (bicyclic) bond motifs is 1. The number of hydrogen-bond acceptors (Lipinski definition) is 7. The van der Waals surface area contributed by atoms with Crippen LogP contribution >= 0.6 is 0 Å². The molecule has 1 saturated heterocycles. The third-order valence-electron chi connectivity index (χ3n) is 9.40. The number of carbonyl (C=O) groups excluding carboxylic acids is 3. The van der Waals surface area contributed by atoms with Crippen LogP contribution in [0.2, 0.25) is 0 Å². The van der Waals surface area contributed by atoms with Crippen molar-refractivity contribution in [2.75, 3.05) is 0 Å². The molecule has 0 aromatic heterocycles. The van der Waals surface area contributed by atoms with Gasteiger partial charge in [0.1, 0.15) is 12.2 Å². The molecule has 0 N–H and O–H groups in total. The third-order valence-corrected chi connectivity index (χ3v) is 9.40. The average molecular weight is 541 g/mol. The fourth-order valence-corrected chi connectivity index (χ4v) is 7.30. The lowest BCUT2D eigenvalue weighted by atomic mass is 9.49. The van der Waals surface area contributed by atoms with Gasteiger partial charge in [0.15, 0.2) is 6.10 Å². The molecular formula is C32H44O7. The maximum atomic E-state index is 13.2. The molecular weight excluding hydrogens is 496 g/mol. The summed E-state index contributed by atoms with van der Waals surface area (Å²) in [7, 11) is 0. The van der Waals surface area contributed by atoms with Crippen molar-refractivity contribution >= 4 is 24.0 Å². The van der Waals surface area contributed by atoms with E-state index in [1.807, 2.05) is 37.3 Å². The van der Waals surface area contributed by atoms with Crippen LogP contribution in [0.15, 0.2) is 36.4 Å². The molecule has 1 heterocycles. The van der Waals surface area contributed by atoms with E-state index in [1.54, 1.807) is 6.08 Å². The zero-order valence-corrected chi connectivity index (χ0v) is 24.2. The number of carbonyl (C=O) groups is 3. The molecule has 0 radical (unpaired) electrons. The fourth-order valence-electron chi connectivity index (χ4n) is 7.30. The monoisotopic (exact) mass is 540 g/mol. The minimum absolute atomic E-state index is 0.0200. The average Bonchev–Trinajstić information content (AvgIpc) is 3.12. The second kappa shape index (κ2) is 11.4. The molecule has 3 fully saturated rings. The summed E-state index contributed by atoms with van der Waals surface area (Å²) in [5.41, 5.74) is -1.19. The van der Waals surface area contributed by atoms with Crippen LogP contribution in [-0.2, 0) is 33.3 Å². The van der Waals surface area contributed by atoms with Crippen LogP contribution in [0.1, 0.15) is 92.1 Å². The molecule has 1 aliphatic heterocycles. The Morgan fingerprint density at radius 3 is 2.41 bits per heavy atom. The van der Waals surface area contributed by atoms with E-state index in [1.165, 1.54) is 13.0 Å². The van der Waals surface area contributed by atoms with Crippen LogP contribution in [0.3, 0.4) is 0 Å². The quantitative estimate of drug-likeness (QED) is 0.163. The topological polar surface area (TPSA) is 88.1 Å². The smallest absolute Gasteiger partial charge is 0.331 e. The van der Waals surface area contributed by atoms with Gasteiger partial charge in [-0.25, -0.2) is 4.79 Å². The number of ether oxygens (including phenoxy) is 4. The molecule has 39 heavy (non-hydrogen) atoms. The van der Waals surface area contributed by atoms with E-state index < -0.39 is 46.9 Å². The highest BCUT2D eigenvalue weighted by Gasteiger charge is 2.75. The first kappa shape index (κ1) is 29.3. The Kier molecular flexibility index (Phi) is 8.60. The Morgan fingerprint density at radius 1 is 1.03 bits per heavy atom. The van der Waals surface area contributed by atoms with Crippen molar-refractivity contribution in [1.82, 2.24) is 0 Å². The van der Waals surface area contributed by atoms with E-state index in [0.29, 0.717) is 19.3 Å². The van der Waals surface area contributed by atoms with E-state index in [0.717, 1.165) is 31.2 Å². The van der Waals surface area contributed by atoms with Crippen molar-refractivity contribution in [3.8, 4) is 0 Å². The Morgan fingerprint density at radius 2 is 1.74 bits per heavy atom. The molecule has 7 nitrogen and oxygen atoms in total. The van der Waals surface area contributed by atoms with E-state index in [-0.39, 0.29) is 17.8 Å². The van der Waals surface area contributed by atoms with Gasteiger partial charge in [-0.1, -0.05) is 57.0 Å². The minimum Gasteiger partial charge on any atom is -0.458 e. The molecule has 1 aromatic rings. The van der Waals surface area contributed by atoms with Crippen LogP contribution in [0.4, 0.5) is 0 Å². The summed E-state index contributed by atoms with van der Waals surface area (Å²) in [5, 5.41) is 0. The van der Waals surface area contributed by atoms with Crippen molar-refractivity contribution in [2.45, 2.75) is 116 Å². The van der Waals surface area contributed by atoms with Gasteiger partial charge < -0.3 is 18.9 Å². The van der Waals surface area contributed by atoms with Gasteiger partial charge in [0, 0.05) is 19.4 Å². The van der Waals surface area contributed by atoms with Gasteiger partial charge in [0.25, 0.3) is 0 Å². The lowest BCUT2D eigenvalue weighted by molar-refractivity contribution is -0.284. The number of benzene rings is 1. The molecule has 214 valence electrons. The van der Waals surface area contributed by atoms with Crippen molar-refractivity contribution in [3.05, 3.63) is 42.0 Å². The molecule has 1 spiro atoms. The molecule has 4 rings (SSSR count). The molecule has 2 aliphatic carbocycles. The van der Waals surface area contributed by atoms with E-state index in [4.69, 9.17) is 18.9 Å². The summed E-state index contributed by atoms with van der Waals surface area (Å²) >= 11 is 0. The molecule has 7 unspecified atom stereocenters. The predicted octanol–water partition coefficient (Wildman–Crippen LogP) is 6.04. The Balaban J connectivity index is 1.68. The standard InChI is InChI=1S/C32H44O7/c1-7-8-10-15-27(34)37-25-18-21(2)32-20-24(30(4,5)39-32)19-26(31(32,6)29(25)36-22(3)33)38-28(35)17-16-23-13-11-9-12-14-23/h9,11-14,16-17,21,24-26,29H,7-8,10,15,18-20H2,1-6H3. The van der Waals surface area contributed by atoms with Gasteiger partial charge in [-0.15, -0.1) is 0 Å². The van der Waals surface area contributed by atoms with Gasteiger partial charge in [-0.2, -0.15) is 0 Å². The largest absolute Gasteiger partial charge is 0.458 e. The van der Waals surface area contributed by atoms with Crippen molar-refractivity contribution in [2.24, 2.45) is 17.3 Å². The van der Waals surface area contributed by atoms with Crippen molar-refractivity contribution in [3.63, 3.8) is 0 Å². The minimum atomic E-state index is -0.925. The fraction of sp³-hybridized carbons (Fsp3) is 0.656. The van der Waals surface area contributed by atoms with E-state index >= 15 is 0 Å². The first-order valence-electron chi connectivity index (χ1n) is 14.4. The normalized spacial score (nSPS) is 34.8. The van der Waals surface area contributed by atoms with Gasteiger partial charge in [0.2, 0.25) is 0 Å². The number of hydrogen-bond donors (Lipinski definition) is 0. The maximum absolute atomic E-state index is 13.2. The first-order chi connectivity index (χ1) is 18.4. The highest BCUT2D eigenvalue weighted by molar-refractivity contribution is 5.87. The van der Waals surface area contributed by atoms with Crippen LogP contribution in [-0.4, -0.2) is 47.4 Å². The van der Waals surface area contributed by atoms with Crippen LogP contribution in [0.5, 0.6) is 0 Å². The Bertz CT molecular complexity index is 1080. The van der Waals surface area contributed by atoms with Gasteiger partial charge in [-0.3, -0.25) is 9.59 Å². The summed E-state index contributed by atoms with van der Waals surface area (Å²) in [4.78, 5) is 38.5. The summed E-state index contributed by atoms with van der Waals surface area (Å²) in [5.74, 6) is -1.08. The van der Waals surface area contributed by atoms with Crippen molar-refractivity contribution < 1.29 is 33.3 Å². The summed E-state index contributed by atoms with van der Waals surface area (Å²) in [6, 6.07) is 9.56.